The molecule has 0 unspecified atom stereocenters. The maximum absolute atomic E-state index is 16.3. The first kappa shape index (κ1) is 26.4. The van der Waals surface area contributed by atoms with Crippen LogP contribution in [0.3, 0.4) is 0 Å². The lowest BCUT2D eigenvalue weighted by Crippen LogP contribution is -2.59. The molecule has 1 amide bonds. The number of aromatic nitrogens is 2. The van der Waals surface area contributed by atoms with Crippen LogP contribution in [0, 0.1) is 11.6 Å². The van der Waals surface area contributed by atoms with E-state index in [1.807, 2.05) is 37.7 Å². The van der Waals surface area contributed by atoms with Crippen molar-refractivity contribution < 1.29 is 18.7 Å². The summed E-state index contributed by atoms with van der Waals surface area (Å²) in [5.74, 6) is -1.17. The van der Waals surface area contributed by atoms with Gasteiger partial charge in [0.1, 0.15) is 22.9 Å². The topological polar surface area (TPSA) is 76.0 Å². The summed E-state index contributed by atoms with van der Waals surface area (Å²) in [6, 6.07) is 5.43. The molecular formula is C27H31ClF2N6O2. The fraction of sp³-hybridized carbons (Fsp3) is 0.444. The Morgan fingerprint density at radius 2 is 1.79 bits per heavy atom. The van der Waals surface area contributed by atoms with Crippen molar-refractivity contribution in [2.24, 2.45) is 0 Å². The van der Waals surface area contributed by atoms with Gasteiger partial charge >= 0.3 is 0 Å². The van der Waals surface area contributed by atoms with Gasteiger partial charge in [0.05, 0.1) is 10.6 Å². The van der Waals surface area contributed by atoms with Gasteiger partial charge in [-0.2, -0.15) is 4.98 Å². The van der Waals surface area contributed by atoms with Crippen molar-refractivity contribution in [1.82, 2.24) is 19.8 Å². The van der Waals surface area contributed by atoms with E-state index >= 15 is 4.39 Å². The van der Waals surface area contributed by atoms with Crippen molar-refractivity contribution in [1.29, 1.82) is 0 Å². The number of rotatable bonds is 4. The maximum Gasteiger partial charge on any atom is 0.228 e. The molecule has 1 aromatic heterocycles. The third-order valence-corrected chi connectivity index (χ3v) is 7.93. The second-order valence-corrected chi connectivity index (χ2v) is 10.9. The molecule has 1 N–H and O–H groups in total. The van der Waals surface area contributed by atoms with Crippen molar-refractivity contribution >= 4 is 40.2 Å². The molecule has 0 radical (unpaired) electrons. The van der Waals surface area contributed by atoms with Crippen LogP contribution in [0.1, 0.15) is 20.8 Å². The van der Waals surface area contributed by atoms with Crippen LogP contribution >= 0.6 is 11.6 Å². The Morgan fingerprint density at radius 3 is 2.42 bits per heavy atom. The third kappa shape index (κ3) is 4.39. The van der Waals surface area contributed by atoms with Gasteiger partial charge in [0.15, 0.2) is 5.82 Å². The molecule has 5 rings (SSSR count). The summed E-state index contributed by atoms with van der Waals surface area (Å²) in [5.41, 5.74) is -0.565. The van der Waals surface area contributed by atoms with E-state index in [9.17, 15) is 14.3 Å². The van der Waals surface area contributed by atoms with E-state index in [0.29, 0.717) is 49.4 Å². The fourth-order valence-electron chi connectivity index (χ4n) is 5.32. The average Bonchev–Trinajstić information content (AvgIpc) is 2.80. The van der Waals surface area contributed by atoms with Crippen LogP contribution in [-0.2, 0) is 4.79 Å². The third-order valence-electron chi connectivity index (χ3n) is 7.63. The standard InChI is InChI=1S/C27H31ClF2N6O2/c1-14-11-36(15(2)10-35(14)16(3)37)26-18-9-19(28)22(23-20(29)7-6-8-21(23)38)24(30)25(18)31-27(32-26)34-12-17(13-34)33(4)5/h6-9,14-15,17,38H,10-13H2,1-5H3/t14-,15+/m1/s1. The van der Waals surface area contributed by atoms with Crippen LogP contribution in [-0.4, -0.2) is 89.2 Å². The highest BCUT2D eigenvalue weighted by Gasteiger charge is 2.36. The van der Waals surface area contributed by atoms with Gasteiger partial charge < -0.3 is 24.7 Å². The van der Waals surface area contributed by atoms with Gasteiger partial charge in [0, 0.05) is 62.2 Å². The molecule has 2 fully saturated rings. The summed E-state index contributed by atoms with van der Waals surface area (Å²) in [6.45, 7) is 7.84. The summed E-state index contributed by atoms with van der Waals surface area (Å²) < 4.78 is 31.1. The van der Waals surface area contributed by atoms with Gasteiger partial charge in [-0.1, -0.05) is 17.7 Å². The van der Waals surface area contributed by atoms with Gasteiger partial charge in [-0.25, -0.2) is 13.8 Å². The lowest BCUT2D eigenvalue weighted by atomic mass is 10.00. The molecule has 0 spiro atoms. The van der Waals surface area contributed by atoms with Crippen molar-refractivity contribution in [3.63, 3.8) is 0 Å². The quantitative estimate of drug-likeness (QED) is 0.529. The van der Waals surface area contributed by atoms with Crippen LogP contribution < -0.4 is 9.80 Å². The zero-order valence-corrected chi connectivity index (χ0v) is 22.8. The van der Waals surface area contributed by atoms with E-state index in [-0.39, 0.29) is 39.7 Å². The number of aromatic hydroxyl groups is 1. The largest absolute Gasteiger partial charge is 0.507 e. The molecule has 3 aromatic rings. The SMILES string of the molecule is CC(=O)N1C[C@H](C)N(c2nc(N3CC(N(C)C)C3)nc3c(F)c(-c4c(O)cccc4F)c(Cl)cc23)C[C@H]1C. The average molecular weight is 545 g/mol. The number of hydrogen-bond donors (Lipinski definition) is 1. The van der Waals surface area contributed by atoms with Crippen LogP contribution in [0.15, 0.2) is 24.3 Å². The van der Waals surface area contributed by atoms with Crippen LogP contribution in [0.2, 0.25) is 5.02 Å². The molecule has 2 aliphatic rings. The molecule has 0 aliphatic carbocycles. The number of fused-ring (bicyclic) bond motifs is 1. The molecule has 0 bridgehead atoms. The lowest BCUT2D eigenvalue weighted by molar-refractivity contribution is -0.131. The minimum atomic E-state index is -0.828. The first-order valence-corrected chi connectivity index (χ1v) is 13.0. The molecule has 202 valence electrons. The summed E-state index contributed by atoms with van der Waals surface area (Å²) in [7, 11) is 4.00. The Labute approximate surface area is 225 Å². The van der Waals surface area contributed by atoms with E-state index in [1.54, 1.807) is 6.92 Å². The number of phenols is 1. The number of anilines is 2. The summed E-state index contributed by atoms with van der Waals surface area (Å²) in [4.78, 5) is 29.6. The molecule has 2 atom stereocenters. The monoisotopic (exact) mass is 544 g/mol. The zero-order chi connectivity index (χ0) is 27.5. The Balaban J connectivity index is 1.70. The first-order chi connectivity index (χ1) is 18.0. The number of hydrogen-bond acceptors (Lipinski definition) is 7. The smallest absolute Gasteiger partial charge is 0.228 e. The Bertz CT molecular complexity index is 1390. The highest BCUT2D eigenvalue weighted by molar-refractivity contribution is 6.34. The van der Waals surface area contributed by atoms with E-state index in [0.717, 1.165) is 6.07 Å². The van der Waals surface area contributed by atoms with E-state index in [1.165, 1.54) is 18.2 Å². The van der Waals surface area contributed by atoms with Gasteiger partial charge in [-0.05, 0) is 46.1 Å². The summed E-state index contributed by atoms with van der Waals surface area (Å²) in [5, 5.41) is 10.7. The lowest BCUT2D eigenvalue weighted by Gasteiger charge is -2.45. The Kier molecular flexibility index (Phi) is 6.81. The Morgan fingerprint density at radius 1 is 1.08 bits per heavy atom. The van der Waals surface area contributed by atoms with Crippen LogP contribution in [0.4, 0.5) is 20.5 Å². The molecular weight excluding hydrogens is 514 g/mol. The molecule has 0 saturated carbocycles. The molecule has 2 aliphatic heterocycles. The number of nitrogens with zero attached hydrogens (tertiary/aromatic N) is 6. The Hall–Kier alpha value is -3.24. The van der Waals surface area contributed by atoms with E-state index in [4.69, 9.17) is 16.6 Å². The summed E-state index contributed by atoms with van der Waals surface area (Å²) >= 11 is 6.56. The first-order valence-electron chi connectivity index (χ1n) is 12.6. The van der Waals surface area contributed by atoms with Crippen molar-refractivity contribution in [2.75, 3.05) is 50.1 Å². The van der Waals surface area contributed by atoms with E-state index in [2.05, 4.69) is 14.8 Å². The molecule has 2 saturated heterocycles. The predicted molar refractivity (Wildman–Crippen MR) is 145 cm³/mol. The van der Waals surface area contributed by atoms with Gasteiger partial charge in [-0.3, -0.25) is 4.79 Å². The molecule has 8 nitrogen and oxygen atoms in total. The molecule has 38 heavy (non-hydrogen) atoms. The fourth-order valence-corrected chi connectivity index (χ4v) is 5.61. The highest BCUT2D eigenvalue weighted by Crippen LogP contribution is 2.43. The number of likely N-dealkylation sites (N-methyl/N-ethyl adjacent to an activating group) is 1. The molecule has 3 heterocycles. The van der Waals surface area contributed by atoms with Gasteiger partial charge in [-0.15, -0.1) is 0 Å². The number of piperazine rings is 1. The second-order valence-electron chi connectivity index (χ2n) is 10.5. The van der Waals surface area contributed by atoms with Gasteiger partial charge in [0.2, 0.25) is 11.9 Å². The number of benzene rings is 2. The summed E-state index contributed by atoms with van der Waals surface area (Å²) in [6.07, 6.45) is 0. The predicted octanol–water partition coefficient (Wildman–Crippen LogP) is 4.13. The minimum absolute atomic E-state index is 0.00373. The number of carbonyl (C=O) groups is 1. The number of amides is 1. The zero-order valence-electron chi connectivity index (χ0n) is 22.0. The normalized spacial score (nSPS) is 20.4. The number of carbonyl (C=O) groups excluding carboxylic acids is 1. The number of halogens is 3. The molecule has 2 aromatic carbocycles. The second kappa shape index (κ2) is 9.81. The van der Waals surface area contributed by atoms with Gasteiger partial charge in [0.25, 0.3) is 0 Å². The van der Waals surface area contributed by atoms with Crippen molar-refractivity contribution in [3.05, 3.63) is 40.9 Å². The van der Waals surface area contributed by atoms with E-state index < -0.39 is 17.4 Å². The van der Waals surface area contributed by atoms with Crippen molar-refractivity contribution in [3.8, 4) is 16.9 Å². The number of phenolic OH excluding ortho intramolecular Hbond substituents is 1. The van der Waals surface area contributed by atoms with Crippen molar-refractivity contribution in [2.45, 2.75) is 38.9 Å². The minimum Gasteiger partial charge on any atom is -0.507 e. The van der Waals surface area contributed by atoms with Crippen LogP contribution in [0.25, 0.3) is 22.0 Å². The van der Waals surface area contributed by atoms with Crippen LogP contribution in [0.5, 0.6) is 5.75 Å². The molecule has 11 heteroatoms. The highest BCUT2D eigenvalue weighted by atomic mass is 35.5. The maximum atomic E-state index is 16.3.